The number of aliphatic carboxylic acids is 1. The highest BCUT2D eigenvalue weighted by Crippen LogP contribution is 1.92. The summed E-state index contributed by atoms with van der Waals surface area (Å²) in [4.78, 5) is 40.0. The average molecular weight is 253 g/mol. The molecule has 0 atom stereocenters. The molecule has 1 rings (SSSR count). The largest absolute Gasteiger partial charge is 0.480 e. The number of carboxylic acids is 1. The maximum Gasteiger partial charge on any atom is 0.322 e. The molecule has 0 fully saturated rings. The molecule has 0 spiro atoms. The first-order valence-corrected chi connectivity index (χ1v) is 4.88. The quantitative estimate of drug-likeness (QED) is 0.520. The molecule has 0 saturated carbocycles. The van der Waals surface area contributed by atoms with Crippen molar-refractivity contribution >= 4 is 23.9 Å². The second-order valence-electron chi connectivity index (χ2n) is 3.05. The van der Waals surface area contributed by atoms with Crippen LogP contribution in [0.25, 0.3) is 0 Å². The third-order valence-corrected chi connectivity index (χ3v) is 1.64. The first-order chi connectivity index (χ1) is 8.58. The number of rotatable bonds is 5. The summed E-state index contributed by atoms with van der Waals surface area (Å²) in [7, 11) is 0. The van der Waals surface area contributed by atoms with E-state index in [2.05, 4.69) is 25.9 Å². The topological polar surface area (TPSA) is 133 Å². The maximum atomic E-state index is 11.3. The van der Waals surface area contributed by atoms with Crippen LogP contribution < -0.4 is 16.0 Å². The van der Waals surface area contributed by atoms with E-state index in [0.717, 1.165) is 0 Å². The molecule has 0 unspecified atom stereocenters. The molecule has 9 nitrogen and oxygen atoms in total. The Bertz CT molecular complexity index is 436. The van der Waals surface area contributed by atoms with Gasteiger partial charge in [-0.2, -0.15) is 0 Å². The normalized spacial score (nSPS) is 9.33. The van der Waals surface area contributed by atoms with Crippen LogP contribution in [-0.4, -0.2) is 46.1 Å². The lowest BCUT2D eigenvalue weighted by atomic mass is 10.5. The van der Waals surface area contributed by atoms with Crippen molar-refractivity contribution in [1.29, 1.82) is 0 Å². The van der Waals surface area contributed by atoms with E-state index in [-0.39, 0.29) is 12.5 Å². The van der Waals surface area contributed by atoms with Crippen molar-refractivity contribution < 1.29 is 19.5 Å². The van der Waals surface area contributed by atoms with Gasteiger partial charge in [-0.15, -0.1) is 0 Å². The summed E-state index contributed by atoms with van der Waals surface area (Å²) in [5, 5.41) is 14.9. The molecule has 4 N–H and O–H groups in total. The van der Waals surface area contributed by atoms with Crippen LogP contribution in [0.3, 0.4) is 0 Å². The van der Waals surface area contributed by atoms with Crippen molar-refractivity contribution in [3.63, 3.8) is 0 Å². The number of anilines is 1. The number of carbonyl (C=O) groups is 3. The molecule has 1 aromatic heterocycles. The molecule has 3 amide bonds. The molecule has 0 aliphatic heterocycles. The third kappa shape index (κ3) is 5.39. The lowest BCUT2D eigenvalue weighted by Gasteiger charge is -2.05. The van der Waals surface area contributed by atoms with Crippen LogP contribution in [0.1, 0.15) is 0 Å². The Kier molecular flexibility index (Phi) is 5.03. The lowest BCUT2D eigenvalue weighted by Crippen LogP contribution is -2.40. The lowest BCUT2D eigenvalue weighted by molar-refractivity contribution is -0.137. The molecular formula is C9H11N5O4. The van der Waals surface area contributed by atoms with Crippen LogP contribution in [-0.2, 0) is 9.59 Å². The number of nitrogens with one attached hydrogen (secondary N) is 3. The Morgan fingerprint density at radius 2 is 1.78 bits per heavy atom. The summed E-state index contributed by atoms with van der Waals surface area (Å²) in [6.45, 7) is -0.837. The van der Waals surface area contributed by atoms with Crippen LogP contribution in [0.4, 0.5) is 10.7 Å². The Labute approximate surface area is 102 Å². The summed E-state index contributed by atoms with van der Waals surface area (Å²) in [5.41, 5.74) is 0. The minimum atomic E-state index is -1.16. The fourth-order valence-corrected chi connectivity index (χ4v) is 0.907. The van der Waals surface area contributed by atoms with E-state index in [1.807, 2.05) is 0 Å². The van der Waals surface area contributed by atoms with Crippen molar-refractivity contribution in [3.05, 3.63) is 18.5 Å². The number of hydrogen-bond acceptors (Lipinski definition) is 5. The van der Waals surface area contributed by atoms with Gasteiger partial charge >= 0.3 is 12.0 Å². The Morgan fingerprint density at radius 1 is 1.11 bits per heavy atom. The zero-order valence-corrected chi connectivity index (χ0v) is 9.21. The smallest absolute Gasteiger partial charge is 0.322 e. The van der Waals surface area contributed by atoms with E-state index >= 15 is 0 Å². The highest BCUT2D eigenvalue weighted by Gasteiger charge is 2.07. The van der Waals surface area contributed by atoms with Gasteiger partial charge in [0.25, 0.3) is 0 Å². The number of carbonyl (C=O) groups excluding carboxylic acids is 2. The van der Waals surface area contributed by atoms with Gasteiger partial charge in [0, 0.05) is 12.4 Å². The fraction of sp³-hybridized carbons (Fsp3) is 0.222. The predicted molar refractivity (Wildman–Crippen MR) is 59.7 cm³/mol. The SMILES string of the molecule is O=C(O)CNC(=O)CNC(=O)Nc1ncccn1. The molecule has 1 heterocycles. The van der Waals surface area contributed by atoms with Crippen molar-refractivity contribution in [2.45, 2.75) is 0 Å². The minimum Gasteiger partial charge on any atom is -0.480 e. The molecule has 0 bridgehead atoms. The number of amides is 3. The van der Waals surface area contributed by atoms with Crippen molar-refractivity contribution in [2.75, 3.05) is 18.4 Å². The van der Waals surface area contributed by atoms with Crippen molar-refractivity contribution in [2.24, 2.45) is 0 Å². The van der Waals surface area contributed by atoms with Crippen LogP contribution >= 0.6 is 0 Å². The molecular weight excluding hydrogens is 242 g/mol. The average Bonchev–Trinajstić information content (AvgIpc) is 2.35. The molecule has 0 radical (unpaired) electrons. The minimum absolute atomic E-state index is 0.0981. The third-order valence-electron chi connectivity index (χ3n) is 1.64. The van der Waals surface area contributed by atoms with Crippen molar-refractivity contribution in [1.82, 2.24) is 20.6 Å². The van der Waals surface area contributed by atoms with E-state index in [1.54, 1.807) is 6.07 Å². The van der Waals surface area contributed by atoms with Crippen molar-refractivity contribution in [3.8, 4) is 0 Å². The zero-order chi connectivity index (χ0) is 13.4. The number of carboxylic acid groups (broad SMARTS) is 1. The van der Waals surface area contributed by atoms with Gasteiger partial charge in [-0.05, 0) is 6.07 Å². The molecule has 0 aliphatic rings. The highest BCUT2D eigenvalue weighted by molar-refractivity contribution is 5.91. The predicted octanol–water partition coefficient (Wildman–Crippen LogP) is -1.20. The molecule has 1 aromatic rings. The fourth-order valence-electron chi connectivity index (χ4n) is 0.907. The molecule has 0 saturated heterocycles. The number of urea groups is 1. The van der Waals surface area contributed by atoms with Crippen LogP contribution in [0.5, 0.6) is 0 Å². The number of nitrogens with zero attached hydrogens (tertiary/aromatic N) is 2. The molecule has 0 aromatic carbocycles. The highest BCUT2D eigenvalue weighted by atomic mass is 16.4. The second-order valence-corrected chi connectivity index (χ2v) is 3.05. The van der Waals surface area contributed by atoms with E-state index in [1.165, 1.54) is 12.4 Å². The zero-order valence-electron chi connectivity index (χ0n) is 9.21. The van der Waals surface area contributed by atoms with Gasteiger partial charge in [-0.25, -0.2) is 14.8 Å². The first kappa shape index (κ1) is 13.4. The number of hydrogen-bond donors (Lipinski definition) is 4. The summed E-state index contributed by atoms with van der Waals surface area (Å²) in [5.74, 6) is -1.67. The molecule has 18 heavy (non-hydrogen) atoms. The van der Waals surface area contributed by atoms with Gasteiger partial charge in [0.2, 0.25) is 11.9 Å². The second kappa shape index (κ2) is 6.78. The first-order valence-electron chi connectivity index (χ1n) is 4.88. The Morgan fingerprint density at radius 3 is 2.39 bits per heavy atom. The van der Waals surface area contributed by atoms with Gasteiger partial charge in [0.1, 0.15) is 6.54 Å². The Balaban J connectivity index is 2.25. The molecule has 0 aliphatic carbocycles. The van der Waals surface area contributed by atoms with E-state index < -0.39 is 24.5 Å². The standard InChI is InChI=1S/C9H11N5O4/c15-6(12-5-7(16)17)4-13-9(18)14-8-10-2-1-3-11-8/h1-3H,4-5H2,(H,12,15)(H,16,17)(H2,10,11,13,14,18). The van der Waals surface area contributed by atoms with Gasteiger partial charge in [-0.3, -0.25) is 14.9 Å². The van der Waals surface area contributed by atoms with Gasteiger partial charge < -0.3 is 15.7 Å². The Hall–Kier alpha value is -2.71. The van der Waals surface area contributed by atoms with E-state index in [0.29, 0.717) is 0 Å². The summed E-state index contributed by atoms with van der Waals surface area (Å²) in [6, 6.07) is 0.925. The van der Waals surface area contributed by atoms with E-state index in [4.69, 9.17) is 5.11 Å². The van der Waals surface area contributed by atoms with Crippen LogP contribution in [0.2, 0.25) is 0 Å². The van der Waals surface area contributed by atoms with E-state index in [9.17, 15) is 14.4 Å². The molecule has 96 valence electrons. The monoisotopic (exact) mass is 253 g/mol. The number of aromatic nitrogens is 2. The van der Waals surface area contributed by atoms with Crippen LogP contribution in [0, 0.1) is 0 Å². The van der Waals surface area contributed by atoms with Gasteiger partial charge in [0.05, 0.1) is 6.54 Å². The van der Waals surface area contributed by atoms with Gasteiger partial charge in [-0.1, -0.05) is 0 Å². The summed E-state index contributed by atoms with van der Waals surface area (Å²) in [6.07, 6.45) is 2.89. The summed E-state index contributed by atoms with van der Waals surface area (Å²) >= 11 is 0. The van der Waals surface area contributed by atoms with Crippen LogP contribution in [0.15, 0.2) is 18.5 Å². The maximum absolute atomic E-state index is 11.3. The van der Waals surface area contributed by atoms with Gasteiger partial charge in [0.15, 0.2) is 0 Å². The molecule has 9 heteroatoms. The summed E-state index contributed by atoms with van der Waals surface area (Å²) < 4.78 is 0.